The van der Waals surface area contributed by atoms with Gasteiger partial charge in [-0.1, -0.05) is 41.6 Å². The summed E-state index contributed by atoms with van der Waals surface area (Å²) < 4.78 is 0.761. The van der Waals surface area contributed by atoms with E-state index in [0.29, 0.717) is 15.7 Å². The van der Waals surface area contributed by atoms with E-state index in [2.05, 4.69) is 20.8 Å². The predicted octanol–water partition coefficient (Wildman–Crippen LogP) is 3.27. The van der Waals surface area contributed by atoms with Crippen LogP contribution in [0.2, 0.25) is 5.02 Å². The second-order valence-electron chi connectivity index (χ2n) is 3.72. The zero-order valence-corrected chi connectivity index (χ0v) is 13.3. The summed E-state index contributed by atoms with van der Waals surface area (Å²) in [7, 11) is 0. The van der Waals surface area contributed by atoms with Gasteiger partial charge in [0.1, 0.15) is 0 Å². The minimum atomic E-state index is -0.654. The molecule has 1 aromatic carbocycles. The molecule has 9 heteroatoms. The van der Waals surface area contributed by atoms with Gasteiger partial charge in [0, 0.05) is 10.6 Å². The van der Waals surface area contributed by atoms with Crippen LogP contribution >= 0.6 is 34.7 Å². The van der Waals surface area contributed by atoms with Crippen LogP contribution in [0.5, 0.6) is 0 Å². The highest BCUT2D eigenvalue weighted by Gasteiger charge is 2.12. The molecule has 6 nitrogen and oxygen atoms in total. The van der Waals surface area contributed by atoms with E-state index in [1.165, 1.54) is 35.2 Å². The van der Waals surface area contributed by atoms with E-state index < -0.39 is 11.9 Å². The molecular formula is C12H11ClN4O2S2. The van der Waals surface area contributed by atoms with Crippen molar-refractivity contribution in [1.82, 2.24) is 15.5 Å². The first-order chi connectivity index (χ1) is 10.1. The van der Waals surface area contributed by atoms with Crippen LogP contribution < -0.4 is 10.6 Å². The first-order valence-electron chi connectivity index (χ1n) is 5.92. The Balaban J connectivity index is 1.91. The molecule has 0 saturated heterocycles. The van der Waals surface area contributed by atoms with E-state index in [1.807, 2.05) is 6.92 Å². The van der Waals surface area contributed by atoms with Gasteiger partial charge in [0.25, 0.3) is 5.91 Å². The summed E-state index contributed by atoms with van der Waals surface area (Å²) in [5, 5.41) is 13.2. The lowest BCUT2D eigenvalue weighted by Gasteiger charge is -2.03. The average Bonchev–Trinajstić information content (AvgIpc) is 2.87. The van der Waals surface area contributed by atoms with Crippen molar-refractivity contribution >= 4 is 51.8 Å². The molecule has 0 bridgehead atoms. The van der Waals surface area contributed by atoms with Gasteiger partial charge in [-0.25, -0.2) is 4.79 Å². The molecule has 2 N–H and O–H groups in total. The topological polar surface area (TPSA) is 84.0 Å². The summed E-state index contributed by atoms with van der Waals surface area (Å²) >= 11 is 8.51. The highest BCUT2D eigenvalue weighted by Crippen LogP contribution is 2.24. The van der Waals surface area contributed by atoms with Gasteiger partial charge in [-0.2, -0.15) is 0 Å². The van der Waals surface area contributed by atoms with Crippen LogP contribution in [0, 0.1) is 0 Å². The van der Waals surface area contributed by atoms with Crippen molar-refractivity contribution in [1.29, 1.82) is 0 Å². The van der Waals surface area contributed by atoms with Gasteiger partial charge in [0.15, 0.2) is 4.34 Å². The van der Waals surface area contributed by atoms with Crippen LogP contribution in [0.1, 0.15) is 17.3 Å². The number of nitrogens with one attached hydrogen (secondary N) is 2. The molecular weight excluding hydrogens is 332 g/mol. The van der Waals surface area contributed by atoms with E-state index in [0.717, 1.165) is 10.1 Å². The zero-order chi connectivity index (χ0) is 15.2. The van der Waals surface area contributed by atoms with Gasteiger partial charge in [-0.05, 0) is 30.0 Å². The third-order valence-corrected chi connectivity index (χ3v) is 4.33. The number of halogens is 1. The summed E-state index contributed by atoms with van der Waals surface area (Å²) in [6.45, 7) is 2.00. The second-order valence-corrected chi connectivity index (χ2v) is 6.65. The lowest BCUT2D eigenvalue weighted by molar-refractivity contribution is 0.0967. The van der Waals surface area contributed by atoms with Gasteiger partial charge >= 0.3 is 6.03 Å². The van der Waals surface area contributed by atoms with Gasteiger partial charge in [0.2, 0.25) is 5.13 Å². The fourth-order valence-corrected chi connectivity index (χ4v) is 3.12. The van der Waals surface area contributed by atoms with Crippen molar-refractivity contribution in [2.45, 2.75) is 11.3 Å². The summed E-state index contributed by atoms with van der Waals surface area (Å²) in [6, 6.07) is 5.57. The Labute approximate surface area is 134 Å². The third kappa shape index (κ3) is 4.69. The fourth-order valence-electron chi connectivity index (χ4n) is 1.35. The molecule has 2 aromatic rings. The Hall–Kier alpha value is -1.64. The van der Waals surface area contributed by atoms with E-state index in [1.54, 1.807) is 12.1 Å². The molecule has 0 atom stereocenters. The number of hydrogen-bond donors (Lipinski definition) is 2. The smallest absolute Gasteiger partial charge is 0.282 e. The van der Waals surface area contributed by atoms with Crippen LogP contribution in [0.4, 0.5) is 9.93 Å². The highest BCUT2D eigenvalue weighted by atomic mass is 35.5. The normalized spacial score (nSPS) is 10.2. The molecule has 0 spiro atoms. The van der Waals surface area contributed by atoms with E-state index >= 15 is 0 Å². The Morgan fingerprint density at radius 2 is 2.00 bits per heavy atom. The number of urea groups is 1. The van der Waals surface area contributed by atoms with E-state index in [4.69, 9.17) is 11.6 Å². The summed E-state index contributed by atoms with van der Waals surface area (Å²) in [5.41, 5.74) is 0.342. The number of carbonyl (C=O) groups is 2. The molecule has 1 heterocycles. The summed E-state index contributed by atoms with van der Waals surface area (Å²) in [4.78, 5) is 23.5. The Kier molecular flexibility index (Phi) is 5.54. The number of rotatable bonds is 4. The van der Waals surface area contributed by atoms with Crippen molar-refractivity contribution in [2.24, 2.45) is 0 Å². The van der Waals surface area contributed by atoms with Crippen molar-refractivity contribution < 1.29 is 9.59 Å². The summed E-state index contributed by atoms with van der Waals surface area (Å²) in [5.74, 6) is 0.354. The maximum atomic E-state index is 11.8. The Morgan fingerprint density at radius 3 is 2.67 bits per heavy atom. The summed E-state index contributed by atoms with van der Waals surface area (Å²) in [6.07, 6.45) is 0. The monoisotopic (exact) mass is 342 g/mol. The maximum Gasteiger partial charge on any atom is 0.328 e. The fraction of sp³-hybridized carbons (Fsp3) is 0.167. The van der Waals surface area contributed by atoms with Crippen LogP contribution in [-0.4, -0.2) is 27.9 Å². The number of carbonyl (C=O) groups excluding carboxylic acids is 2. The minimum absolute atomic E-state index is 0.340. The first kappa shape index (κ1) is 15.7. The third-order valence-electron chi connectivity index (χ3n) is 2.23. The zero-order valence-electron chi connectivity index (χ0n) is 10.9. The number of thioether (sulfide) groups is 1. The molecule has 0 radical (unpaired) electrons. The number of aromatic nitrogens is 2. The predicted molar refractivity (Wildman–Crippen MR) is 84.2 cm³/mol. The molecule has 21 heavy (non-hydrogen) atoms. The molecule has 0 aliphatic heterocycles. The van der Waals surface area contributed by atoms with Gasteiger partial charge in [-0.3, -0.25) is 15.4 Å². The first-order valence-corrected chi connectivity index (χ1v) is 8.10. The molecule has 1 aromatic heterocycles. The van der Waals surface area contributed by atoms with E-state index in [9.17, 15) is 9.59 Å². The SMILES string of the molecule is CCSc1nnc(NC(=O)NC(=O)c2ccc(Cl)cc2)s1. The molecule has 0 aliphatic rings. The number of hydrogen-bond acceptors (Lipinski definition) is 6. The van der Waals surface area contributed by atoms with E-state index in [-0.39, 0.29) is 0 Å². The number of amides is 3. The van der Waals surface area contributed by atoms with Crippen LogP contribution in [0.25, 0.3) is 0 Å². The molecule has 2 rings (SSSR count). The number of benzene rings is 1. The van der Waals surface area contributed by atoms with Crippen LogP contribution in [0.3, 0.4) is 0 Å². The maximum absolute atomic E-state index is 11.8. The van der Waals surface area contributed by atoms with Gasteiger partial charge in [-0.15, -0.1) is 10.2 Å². The molecule has 0 fully saturated rings. The molecule has 0 saturated carbocycles. The quantitative estimate of drug-likeness (QED) is 0.658. The lowest BCUT2D eigenvalue weighted by atomic mass is 10.2. The molecule has 110 valence electrons. The molecule has 0 aliphatic carbocycles. The van der Waals surface area contributed by atoms with Crippen LogP contribution in [0.15, 0.2) is 28.6 Å². The van der Waals surface area contributed by atoms with Crippen molar-refractivity contribution in [3.05, 3.63) is 34.9 Å². The van der Waals surface area contributed by atoms with Crippen LogP contribution in [-0.2, 0) is 0 Å². The average molecular weight is 343 g/mol. The molecule has 3 amide bonds. The molecule has 0 unspecified atom stereocenters. The number of imide groups is 1. The van der Waals surface area contributed by atoms with Crippen molar-refractivity contribution in [2.75, 3.05) is 11.1 Å². The van der Waals surface area contributed by atoms with Gasteiger partial charge < -0.3 is 0 Å². The number of nitrogens with zero attached hydrogens (tertiary/aromatic N) is 2. The second kappa shape index (κ2) is 7.39. The number of anilines is 1. The standard InChI is InChI=1S/C12H11ClN4O2S2/c1-2-20-12-17-16-11(21-12)15-10(19)14-9(18)7-3-5-8(13)6-4-7/h3-6H,2H2,1H3,(H2,14,15,16,18,19). The Bertz CT molecular complexity index is 645. The van der Waals surface area contributed by atoms with Gasteiger partial charge in [0.05, 0.1) is 0 Å². The lowest BCUT2D eigenvalue weighted by Crippen LogP contribution is -2.34. The van der Waals surface area contributed by atoms with Crippen molar-refractivity contribution in [3.63, 3.8) is 0 Å². The highest BCUT2D eigenvalue weighted by molar-refractivity contribution is 8.01. The van der Waals surface area contributed by atoms with Crippen molar-refractivity contribution in [3.8, 4) is 0 Å². The minimum Gasteiger partial charge on any atom is -0.282 e. The Morgan fingerprint density at radius 1 is 1.29 bits per heavy atom. The largest absolute Gasteiger partial charge is 0.328 e.